The van der Waals surface area contributed by atoms with E-state index in [0.29, 0.717) is 17.8 Å². The lowest BCUT2D eigenvalue weighted by Gasteiger charge is -2.24. The Bertz CT molecular complexity index is 760. The van der Waals surface area contributed by atoms with Gasteiger partial charge in [-0.3, -0.25) is 14.8 Å². The fraction of sp³-hybridized carbons (Fsp3) is 0.294. The van der Waals surface area contributed by atoms with Crippen LogP contribution in [0.5, 0.6) is 0 Å². The number of rotatable bonds is 3. The van der Waals surface area contributed by atoms with Crippen molar-refractivity contribution in [3.05, 3.63) is 47.9 Å². The molecule has 0 bridgehead atoms. The van der Waals surface area contributed by atoms with Gasteiger partial charge in [-0.15, -0.1) is 0 Å². The van der Waals surface area contributed by atoms with E-state index in [2.05, 4.69) is 9.97 Å². The van der Waals surface area contributed by atoms with Gasteiger partial charge in [-0.1, -0.05) is 12.1 Å². The molecular formula is C17H17N3O3. The van der Waals surface area contributed by atoms with Gasteiger partial charge in [0, 0.05) is 31.4 Å². The molecule has 0 unspecified atom stereocenters. The van der Waals surface area contributed by atoms with Crippen LogP contribution in [0.2, 0.25) is 0 Å². The average Bonchev–Trinajstić information content (AvgIpc) is 3.04. The Kier molecular flexibility index (Phi) is 4.06. The molecule has 23 heavy (non-hydrogen) atoms. The van der Waals surface area contributed by atoms with Crippen LogP contribution in [-0.2, 0) is 4.79 Å². The Morgan fingerprint density at radius 2 is 2.04 bits per heavy atom. The summed E-state index contributed by atoms with van der Waals surface area (Å²) < 4.78 is 0. The highest BCUT2D eigenvalue weighted by molar-refractivity contribution is 5.89. The second-order valence-electron chi connectivity index (χ2n) is 5.55. The van der Waals surface area contributed by atoms with E-state index in [1.54, 1.807) is 42.4 Å². The minimum Gasteiger partial charge on any atom is -0.478 e. The van der Waals surface area contributed by atoms with Crippen molar-refractivity contribution in [3.63, 3.8) is 0 Å². The van der Waals surface area contributed by atoms with Crippen molar-refractivity contribution < 1.29 is 14.7 Å². The molecule has 1 amide bonds. The number of carbonyl (C=O) groups excluding carboxylic acids is 1. The lowest BCUT2D eigenvalue weighted by molar-refractivity contribution is -0.129. The predicted molar refractivity (Wildman–Crippen MR) is 83.8 cm³/mol. The van der Waals surface area contributed by atoms with Crippen LogP contribution in [0.3, 0.4) is 0 Å². The van der Waals surface area contributed by atoms with Gasteiger partial charge in [0.15, 0.2) is 0 Å². The van der Waals surface area contributed by atoms with E-state index in [4.69, 9.17) is 5.11 Å². The van der Waals surface area contributed by atoms with Crippen molar-refractivity contribution in [3.8, 4) is 11.3 Å². The standard InChI is InChI=1S/C17H17N3O3/c1-11(21)20-9-3-6-14(20)16-15(18-7-8-19-16)12-4-2-5-13(10-12)17(22)23/h2,4-5,7-8,10,14H,3,6,9H2,1H3,(H,22,23)/t14-/m0/s1. The van der Waals surface area contributed by atoms with Gasteiger partial charge >= 0.3 is 5.97 Å². The molecule has 1 atom stereocenters. The summed E-state index contributed by atoms with van der Waals surface area (Å²) in [5, 5.41) is 9.16. The predicted octanol–water partition coefficient (Wildman–Crippen LogP) is 2.53. The molecule has 1 aliphatic heterocycles. The minimum atomic E-state index is -0.983. The fourth-order valence-electron chi connectivity index (χ4n) is 3.04. The second kappa shape index (κ2) is 6.16. The molecule has 1 aliphatic rings. The van der Waals surface area contributed by atoms with E-state index in [1.165, 1.54) is 0 Å². The van der Waals surface area contributed by atoms with Crippen molar-refractivity contribution >= 4 is 11.9 Å². The summed E-state index contributed by atoms with van der Waals surface area (Å²) in [6.07, 6.45) is 4.95. The van der Waals surface area contributed by atoms with Gasteiger partial charge in [0.1, 0.15) is 0 Å². The van der Waals surface area contributed by atoms with Gasteiger partial charge in [0.2, 0.25) is 5.91 Å². The molecular weight excluding hydrogens is 294 g/mol. The number of carboxylic acid groups (broad SMARTS) is 1. The molecule has 0 spiro atoms. The third-order valence-electron chi connectivity index (χ3n) is 4.08. The fourth-order valence-corrected chi connectivity index (χ4v) is 3.04. The van der Waals surface area contributed by atoms with Crippen molar-refractivity contribution in [2.24, 2.45) is 0 Å². The zero-order valence-corrected chi connectivity index (χ0v) is 12.8. The second-order valence-corrected chi connectivity index (χ2v) is 5.55. The SMILES string of the molecule is CC(=O)N1CCC[C@H]1c1nccnc1-c1cccc(C(=O)O)c1. The molecule has 2 heterocycles. The van der Waals surface area contributed by atoms with Crippen LogP contribution < -0.4 is 0 Å². The van der Waals surface area contributed by atoms with E-state index in [9.17, 15) is 9.59 Å². The maximum absolute atomic E-state index is 11.8. The van der Waals surface area contributed by atoms with Crippen molar-refractivity contribution in [1.82, 2.24) is 14.9 Å². The van der Waals surface area contributed by atoms with E-state index >= 15 is 0 Å². The molecule has 6 heteroatoms. The largest absolute Gasteiger partial charge is 0.478 e. The lowest BCUT2D eigenvalue weighted by Crippen LogP contribution is -2.29. The highest BCUT2D eigenvalue weighted by atomic mass is 16.4. The normalized spacial score (nSPS) is 17.3. The monoisotopic (exact) mass is 311 g/mol. The van der Waals surface area contributed by atoms with Gasteiger partial charge in [0.05, 0.1) is 23.0 Å². The smallest absolute Gasteiger partial charge is 0.335 e. The minimum absolute atomic E-state index is 0.0170. The third-order valence-corrected chi connectivity index (χ3v) is 4.08. The quantitative estimate of drug-likeness (QED) is 0.941. The molecule has 118 valence electrons. The van der Waals surface area contributed by atoms with Crippen LogP contribution in [0, 0.1) is 0 Å². The molecule has 1 aromatic heterocycles. The molecule has 0 saturated carbocycles. The first-order valence-corrected chi connectivity index (χ1v) is 7.50. The highest BCUT2D eigenvalue weighted by Crippen LogP contribution is 2.35. The molecule has 3 rings (SSSR count). The summed E-state index contributed by atoms with van der Waals surface area (Å²) in [4.78, 5) is 33.6. The molecule has 2 aromatic rings. The number of carboxylic acids is 1. The Balaban J connectivity index is 2.06. The summed E-state index contributed by atoms with van der Waals surface area (Å²) in [6, 6.07) is 6.52. The maximum atomic E-state index is 11.8. The third kappa shape index (κ3) is 2.92. The summed E-state index contributed by atoms with van der Waals surface area (Å²) in [6.45, 7) is 2.27. The molecule has 0 radical (unpaired) electrons. The van der Waals surface area contributed by atoms with Crippen molar-refractivity contribution in [2.75, 3.05) is 6.54 Å². The van der Waals surface area contributed by atoms with Crippen molar-refractivity contribution in [1.29, 1.82) is 0 Å². The summed E-state index contributed by atoms with van der Waals surface area (Å²) in [5.74, 6) is -0.966. The van der Waals surface area contributed by atoms with Crippen LogP contribution in [0.15, 0.2) is 36.7 Å². The Labute approximate surface area is 133 Å². The summed E-state index contributed by atoms with van der Waals surface area (Å²) in [5.41, 5.74) is 2.26. The lowest BCUT2D eigenvalue weighted by atomic mass is 10.0. The first kappa shape index (κ1) is 15.1. The number of nitrogens with zero attached hydrogens (tertiary/aromatic N) is 3. The molecule has 6 nitrogen and oxygen atoms in total. The first-order chi connectivity index (χ1) is 11.1. The number of benzene rings is 1. The topological polar surface area (TPSA) is 83.4 Å². The molecule has 0 aliphatic carbocycles. The van der Waals surface area contributed by atoms with Crippen LogP contribution >= 0.6 is 0 Å². The Morgan fingerprint density at radius 3 is 2.78 bits per heavy atom. The van der Waals surface area contributed by atoms with E-state index in [1.807, 2.05) is 6.07 Å². The van der Waals surface area contributed by atoms with Gasteiger partial charge in [0.25, 0.3) is 0 Å². The number of hydrogen-bond donors (Lipinski definition) is 1. The maximum Gasteiger partial charge on any atom is 0.335 e. The van der Waals surface area contributed by atoms with Crippen LogP contribution in [0.4, 0.5) is 0 Å². The van der Waals surface area contributed by atoms with Gasteiger partial charge in [-0.25, -0.2) is 4.79 Å². The van der Waals surface area contributed by atoms with Gasteiger partial charge in [-0.05, 0) is 25.0 Å². The van der Waals surface area contributed by atoms with Gasteiger partial charge < -0.3 is 10.0 Å². The van der Waals surface area contributed by atoms with Crippen LogP contribution in [0.25, 0.3) is 11.3 Å². The number of aromatic nitrogens is 2. The van der Waals surface area contributed by atoms with E-state index in [-0.39, 0.29) is 17.5 Å². The number of hydrogen-bond acceptors (Lipinski definition) is 4. The molecule has 1 aromatic carbocycles. The number of carbonyl (C=O) groups is 2. The number of amides is 1. The average molecular weight is 311 g/mol. The Hall–Kier alpha value is -2.76. The highest BCUT2D eigenvalue weighted by Gasteiger charge is 2.31. The number of likely N-dealkylation sites (tertiary alicyclic amines) is 1. The number of aromatic carboxylic acids is 1. The summed E-state index contributed by atoms with van der Waals surface area (Å²) >= 11 is 0. The van der Waals surface area contributed by atoms with Crippen LogP contribution in [0.1, 0.15) is 41.9 Å². The molecule has 1 fully saturated rings. The zero-order valence-electron chi connectivity index (χ0n) is 12.8. The van der Waals surface area contributed by atoms with Crippen LogP contribution in [-0.4, -0.2) is 38.4 Å². The zero-order chi connectivity index (χ0) is 16.4. The van der Waals surface area contributed by atoms with E-state index in [0.717, 1.165) is 18.5 Å². The van der Waals surface area contributed by atoms with Crippen molar-refractivity contribution in [2.45, 2.75) is 25.8 Å². The molecule has 1 N–H and O–H groups in total. The first-order valence-electron chi connectivity index (χ1n) is 7.50. The van der Waals surface area contributed by atoms with E-state index < -0.39 is 5.97 Å². The Morgan fingerprint density at radius 1 is 1.26 bits per heavy atom. The van der Waals surface area contributed by atoms with Gasteiger partial charge in [-0.2, -0.15) is 0 Å². The molecule has 1 saturated heterocycles. The summed E-state index contributed by atoms with van der Waals surface area (Å²) in [7, 11) is 0.